The second-order valence-corrected chi connectivity index (χ2v) is 15.7. The molecular formula is C25H19F33N2O4S. The molecule has 0 fully saturated rings. The second kappa shape index (κ2) is 16.6. The van der Waals surface area contributed by atoms with Crippen molar-refractivity contribution in [3.63, 3.8) is 0 Å². The van der Waals surface area contributed by atoms with Crippen molar-refractivity contribution in [2.75, 3.05) is 39.5 Å². The summed E-state index contributed by atoms with van der Waals surface area (Å²) in [6, 6.07) is 0. The highest BCUT2D eigenvalue weighted by Crippen LogP contribution is 2.70. The lowest BCUT2D eigenvalue weighted by Crippen LogP contribution is -2.80. The van der Waals surface area contributed by atoms with E-state index >= 15 is 0 Å². The van der Waals surface area contributed by atoms with E-state index in [-0.39, 0.29) is 0 Å². The van der Waals surface area contributed by atoms with E-state index in [9.17, 15) is 163 Å². The van der Waals surface area contributed by atoms with Crippen molar-refractivity contribution in [2.45, 2.75) is 108 Å². The summed E-state index contributed by atoms with van der Waals surface area (Å²) >= 11 is 0. The van der Waals surface area contributed by atoms with Gasteiger partial charge in [0.05, 0.1) is 32.4 Å². The van der Waals surface area contributed by atoms with Crippen LogP contribution in [0.2, 0.25) is 0 Å². The van der Waals surface area contributed by atoms with Gasteiger partial charge in [0, 0.05) is 19.4 Å². The van der Waals surface area contributed by atoms with Gasteiger partial charge in [0.2, 0.25) is 10.0 Å². The number of hydrogen-bond donors (Lipinski definition) is 1. The van der Waals surface area contributed by atoms with E-state index in [4.69, 9.17) is 0 Å². The Morgan fingerprint density at radius 2 is 0.662 bits per heavy atom. The third-order valence-corrected chi connectivity index (χ3v) is 9.83. The smallest absolute Gasteiger partial charge is 0.460 e. The molecule has 0 aliphatic rings. The molecule has 0 heterocycles. The van der Waals surface area contributed by atoms with Gasteiger partial charge in [-0.3, -0.25) is 0 Å². The molecule has 0 radical (unpaired) electrons. The zero-order chi connectivity index (χ0) is 53.5. The Kier molecular flexibility index (Phi) is 15.9. The molecular weight excluding hydrogens is 1050 g/mol. The van der Waals surface area contributed by atoms with Gasteiger partial charge in [0.25, 0.3) is 0 Å². The fourth-order valence-electron chi connectivity index (χ4n) is 4.43. The molecule has 65 heavy (non-hydrogen) atoms. The first-order chi connectivity index (χ1) is 27.6. The largest absolute Gasteiger partial charge is 0.544 e. The molecule has 0 rings (SSSR count). The van der Waals surface area contributed by atoms with E-state index in [0.717, 1.165) is 14.1 Å². The highest BCUT2D eigenvalue weighted by molar-refractivity contribution is 7.89. The van der Waals surface area contributed by atoms with Crippen LogP contribution < -0.4 is 9.83 Å². The molecule has 0 bridgehead atoms. The monoisotopic (exact) mass is 1070 g/mol. The minimum absolute atomic E-state index is 0.392. The van der Waals surface area contributed by atoms with Gasteiger partial charge in [0.1, 0.15) is 6.54 Å². The fourth-order valence-corrected chi connectivity index (χ4v) is 5.55. The van der Waals surface area contributed by atoms with Crippen LogP contribution in [0.5, 0.6) is 0 Å². The minimum Gasteiger partial charge on any atom is -0.544 e. The number of carbonyl (C=O) groups excluding carboxylic acids is 1. The van der Waals surface area contributed by atoms with Crippen LogP contribution in [0.4, 0.5) is 145 Å². The van der Waals surface area contributed by atoms with Crippen LogP contribution in [0.3, 0.4) is 0 Å². The summed E-state index contributed by atoms with van der Waals surface area (Å²) in [4.78, 5) is 10.6. The number of aliphatic carboxylic acids is 1. The predicted molar refractivity (Wildman–Crippen MR) is 138 cm³/mol. The number of carboxylic acids is 1. The van der Waals surface area contributed by atoms with Gasteiger partial charge in [-0.1, -0.05) is 0 Å². The molecule has 0 aromatic carbocycles. The van der Waals surface area contributed by atoms with E-state index in [2.05, 4.69) is 0 Å². The summed E-state index contributed by atoms with van der Waals surface area (Å²) in [6.45, 7) is -2.23. The molecule has 0 amide bonds. The first kappa shape index (κ1) is 62.0. The number of hydrogen-bond acceptors (Lipinski definition) is 4. The van der Waals surface area contributed by atoms with Crippen LogP contribution in [0.1, 0.15) is 12.8 Å². The number of nitrogens with zero attached hydrogens (tertiary/aromatic N) is 1. The van der Waals surface area contributed by atoms with E-state index in [1.54, 1.807) is 0 Å². The van der Waals surface area contributed by atoms with Crippen molar-refractivity contribution >= 4 is 16.0 Å². The van der Waals surface area contributed by atoms with Crippen molar-refractivity contribution in [1.82, 2.24) is 4.72 Å². The summed E-state index contributed by atoms with van der Waals surface area (Å²) in [5, 5.41) is 10.6. The molecule has 0 aromatic heterocycles. The molecule has 0 saturated carbocycles. The Bertz CT molecular complexity index is 1820. The first-order valence-corrected chi connectivity index (χ1v) is 17.0. The third kappa shape index (κ3) is 9.08. The summed E-state index contributed by atoms with van der Waals surface area (Å²) in [6.07, 6.45) is -12.6. The SMILES string of the molecule is C[N+](C)(CCCNS(=O)(=O)CCC(F)(F)C(F)(F)C(F)(F)C(F)(F)C(F)(F)C(F)(F)C(F)(F)C(F)(F)C(F)(F)C(F)(F)C(F)(F)C(F)(F)C(F)(F)C(F)(F)C(F)(F)C(F)(F)F)CC(=O)[O-]. The zero-order valence-electron chi connectivity index (χ0n) is 30.2. The maximum Gasteiger partial charge on any atom is 0.460 e. The van der Waals surface area contributed by atoms with E-state index in [1.807, 2.05) is 0 Å². The van der Waals surface area contributed by atoms with Crippen LogP contribution in [0.25, 0.3) is 0 Å². The van der Waals surface area contributed by atoms with Gasteiger partial charge in [-0.15, -0.1) is 0 Å². The maximum atomic E-state index is 14.2. The van der Waals surface area contributed by atoms with Crippen LogP contribution in [-0.4, -0.2) is 153 Å². The summed E-state index contributed by atoms with van der Waals surface area (Å²) in [7, 11) is -3.38. The van der Waals surface area contributed by atoms with Crippen LogP contribution in [-0.2, 0) is 14.8 Å². The molecule has 6 nitrogen and oxygen atoms in total. The standard InChI is InChI=1S/C25H19F33N2O4S/c1-60(2,8-9(61)62)6-3-5-59-65(63,64)7-4-10(26,27)11(28,29)12(30,31)13(32,33)14(34,35)15(36,37)16(38,39)17(40,41)18(42,43)19(44,45)20(46,47)21(48,49)22(50,51)23(52,53)24(54,55)25(56,57)58/h59H,3-8H2,1-2H3. The average molecular weight is 1070 g/mol. The van der Waals surface area contributed by atoms with Gasteiger partial charge in [0.15, 0.2) is 0 Å². The van der Waals surface area contributed by atoms with Crippen molar-refractivity contribution in [1.29, 1.82) is 0 Å². The maximum absolute atomic E-state index is 14.2. The summed E-state index contributed by atoms with van der Waals surface area (Å²) < 4.78 is 478. The van der Waals surface area contributed by atoms with E-state index < -0.39 is 154 Å². The molecule has 0 spiro atoms. The summed E-state index contributed by atoms with van der Waals surface area (Å²) in [5.41, 5.74) is 0. The van der Waals surface area contributed by atoms with Crippen LogP contribution in [0.15, 0.2) is 0 Å². The number of quaternary nitrogens is 1. The fraction of sp³-hybridized carbons (Fsp3) is 0.960. The highest BCUT2D eigenvalue weighted by Gasteiger charge is 3.01. The third-order valence-electron chi connectivity index (χ3n) is 8.45. The number of alkyl halides is 33. The summed E-state index contributed by atoms with van der Waals surface area (Å²) in [5.74, 6) is -149. The Morgan fingerprint density at radius 1 is 0.431 bits per heavy atom. The van der Waals surface area contributed by atoms with Gasteiger partial charge < -0.3 is 14.4 Å². The number of carboxylic acid groups (broad SMARTS) is 1. The number of halogens is 33. The van der Waals surface area contributed by atoms with E-state index in [1.165, 1.54) is 4.72 Å². The van der Waals surface area contributed by atoms with Crippen molar-refractivity contribution in [3.05, 3.63) is 0 Å². The highest BCUT2D eigenvalue weighted by atomic mass is 32.2. The minimum atomic E-state index is -10.3. The second-order valence-electron chi connectivity index (χ2n) is 13.7. The van der Waals surface area contributed by atoms with Gasteiger partial charge in [-0.05, 0) is 0 Å². The van der Waals surface area contributed by atoms with Crippen molar-refractivity contribution < 1.29 is 168 Å². The number of rotatable bonds is 24. The predicted octanol–water partition coefficient (Wildman–Crippen LogP) is 8.60. The number of carbonyl (C=O) groups is 1. The average Bonchev–Trinajstić information content (AvgIpc) is 3.07. The van der Waals surface area contributed by atoms with E-state index in [0.29, 0.717) is 0 Å². The van der Waals surface area contributed by atoms with Crippen LogP contribution >= 0.6 is 0 Å². The quantitative estimate of drug-likeness (QED) is 0.0597. The number of nitrogens with one attached hydrogen (secondary N) is 1. The first-order valence-electron chi connectivity index (χ1n) is 15.3. The van der Waals surface area contributed by atoms with Gasteiger partial charge >= 0.3 is 95.0 Å². The van der Waals surface area contributed by atoms with Gasteiger partial charge in [-0.25, -0.2) is 13.1 Å². The molecule has 0 aliphatic heterocycles. The molecule has 0 aromatic rings. The van der Waals surface area contributed by atoms with Crippen molar-refractivity contribution in [2.24, 2.45) is 0 Å². The lowest BCUT2D eigenvalue weighted by molar-refractivity contribution is -0.884. The normalized spacial score (nSPS) is 16.6. The van der Waals surface area contributed by atoms with Gasteiger partial charge in [-0.2, -0.15) is 145 Å². The van der Waals surface area contributed by atoms with Crippen molar-refractivity contribution in [3.8, 4) is 0 Å². The molecule has 390 valence electrons. The lowest BCUT2D eigenvalue weighted by Gasteiger charge is -2.47. The molecule has 0 aliphatic carbocycles. The molecule has 1 N–H and O–H groups in total. The van der Waals surface area contributed by atoms with Crippen LogP contribution in [0, 0.1) is 0 Å². The molecule has 0 unspecified atom stereocenters. The Labute approximate surface area is 336 Å². The Morgan fingerprint density at radius 3 is 0.892 bits per heavy atom. The number of sulfonamides is 1. The Balaban J connectivity index is 7.24. The Hall–Kier alpha value is -2.97. The number of likely N-dealkylation sites (N-methyl/N-ethyl adjacent to an activating group) is 1. The topological polar surface area (TPSA) is 86.3 Å². The molecule has 0 saturated heterocycles. The molecule has 0 atom stereocenters. The lowest BCUT2D eigenvalue weighted by atomic mass is 9.82. The molecule has 40 heteroatoms. The zero-order valence-corrected chi connectivity index (χ0v) is 31.0.